The van der Waals surface area contributed by atoms with Crippen LogP contribution in [0.2, 0.25) is 0 Å². The third-order valence-corrected chi connectivity index (χ3v) is 3.94. The van der Waals surface area contributed by atoms with Crippen LogP contribution < -0.4 is 5.32 Å². The largest absolute Gasteiger partial charge is 0.355 e. The van der Waals surface area contributed by atoms with Crippen molar-refractivity contribution in [3.8, 4) is 0 Å². The Morgan fingerprint density at radius 1 is 1.79 bits per heavy atom. The molecule has 0 bridgehead atoms. The molecule has 1 heterocycles. The lowest BCUT2D eigenvalue weighted by Gasteiger charge is -2.07. The van der Waals surface area contributed by atoms with Crippen molar-refractivity contribution in [2.75, 3.05) is 6.54 Å². The first-order chi connectivity index (χ1) is 6.65. The maximum atomic E-state index is 11.5. The molecule has 5 heteroatoms. The Labute approximate surface area is 101 Å². The number of carbonyl (C=O) groups is 1. The topological polar surface area (TPSA) is 29.1 Å². The van der Waals surface area contributed by atoms with Crippen molar-refractivity contribution in [3.05, 3.63) is 20.8 Å². The first kappa shape index (κ1) is 12.0. The van der Waals surface area contributed by atoms with E-state index in [1.807, 2.05) is 18.4 Å². The molecule has 0 fully saturated rings. The minimum atomic E-state index is -0.571. The summed E-state index contributed by atoms with van der Waals surface area (Å²) < 4.78 is 0.964. The van der Waals surface area contributed by atoms with Gasteiger partial charge in [0.15, 0.2) is 0 Å². The number of amides is 1. The Morgan fingerprint density at radius 3 is 3.00 bits per heavy atom. The Hall–Kier alpha value is -0.0600. The summed E-state index contributed by atoms with van der Waals surface area (Å²) in [5, 5.41) is 4.10. The van der Waals surface area contributed by atoms with Gasteiger partial charge in [-0.2, -0.15) is 0 Å². The summed E-state index contributed by atoms with van der Waals surface area (Å²) >= 11 is 10.8. The predicted molar refractivity (Wildman–Crippen MR) is 63.9 cm³/mol. The van der Waals surface area contributed by atoms with Gasteiger partial charge in [0.1, 0.15) is 5.38 Å². The minimum absolute atomic E-state index is 0.122. The summed E-state index contributed by atoms with van der Waals surface area (Å²) in [4.78, 5) is 12.3. The monoisotopic (exact) mass is 295 g/mol. The van der Waals surface area contributed by atoms with E-state index >= 15 is 0 Å². The van der Waals surface area contributed by atoms with Crippen molar-refractivity contribution >= 4 is 44.8 Å². The molecule has 0 spiro atoms. The second-order valence-corrected chi connectivity index (χ2v) is 5.12. The fraction of sp³-hybridized carbons (Fsp3) is 0.444. The van der Waals surface area contributed by atoms with Gasteiger partial charge in [-0.3, -0.25) is 4.79 Å². The van der Waals surface area contributed by atoms with Crippen LogP contribution in [-0.4, -0.2) is 12.5 Å². The molecule has 1 aromatic heterocycles. The highest BCUT2D eigenvalue weighted by molar-refractivity contribution is 9.10. The van der Waals surface area contributed by atoms with Gasteiger partial charge in [-0.05, 0) is 28.4 Å². The maximum absolute atomic E-state index is 11.5. The number of nitrogens with one attached hydrogen (secondary N) is 1. The van der Waals surface area contributed by atoms with E-state index in [1.165, 1.54) is 11.3 Å². The van der Waals surface area contributed by atoms with Crippen LogP contribution in [0, 0.1) is 0 Å². The molecule has 1 unspecified atom stereocenters. The fourth-order valence-corrected chi connectivity index (χ4v) is 2.64. The molecular weight excluding hydrogens is 286 g/mol. The number of thiophene rings is 1. The molecule has 0 radical (unpaired) electrons. The second-order valence-electron chi connectivity index (χ2n) is 2.82. The van der Waals surface area contributed by atoms with Crippen molar-refractivity contribution < 1.29 is 4.79 Å². The lowest BCUT2D eigenvalue weighted by atomic mass is 10.3. The summed E-state index contributed by atoms with van der Waals surface area (Å²) in [5.41, 5.74) is 0. The molecule has 1 N–H and O–H groups in total. The lowest BCUT2D eigenvalue weighted by Crippen LogP contribution is -2.27. The third-order valence-electron chi connectivity index (χ3n) is 1.62. The molecule has 1 rings (SSSR count). The summed E-state index contributed by atoms with van der Waals surface area (Å²) in [5.74, 6) is -0.122. The Bertz CT molecular complexity index is 316. The molecule has 0 aliphatic heterocycles. The van der Waals surface area contributed by atoms with Crippen LogP contribution in [0.15, 0.2) is 15.9 Å². The van der Waals surface area contributed by atoms with Crippen molar-refractivity contribution in [3.63, 3.8) is 0 Å². The molecule has 0 saturated heterocycles. The third kappa shape index (κ3) is 3.26. The van der Waals surface area contributed by atoms with Crippen LogP contribution in [-0.2, 0) is 4.79 Å². The maximum Gasteiger partial charge on any atom is 0.243 e. The number of carbonyl (C=O) groups excluding carboxylic acids is 1. The van der Waals surface area contributed by atoms with Gasteiger partial charge in [-0.15, -0.1) is 22.9 Å². The molecular formula is C9H11BrClNOS. The SMILES string of the molecule is CCCNC(=O)C(Cl)c1cc(Br)cs1. The highest BCUT2D eigenvalue weighted by Gasteiger charge is 2.18. The Kier molecular flexibility index (Phi) is 4.92. The van der Waals surface area contributed by atoms with Crippen LogP contribution in [0.25, 0.3) is 0 Å². The molecule has 0 aliphatic carbocycles. The van der Waals surface area contributed by atoms with Crippen molar-refractivity contribution in [1.29, 1.82) is 0 Å². The average Bonchev–Trinajstić information content (AvgIpc) is 2.60. The zero-order valence-corrected chi connectivity index (χ0v) is 10.9. The van der Waals surface area contributed by atoms with Gasteiger partial charge in [-0.1, -0.05) is 6.92 Å². The van der Waals surface area contributed by atoms with E-state index in [1.54, 1.807) is 0 Å². The van der Waals surface area contributed by atoms with E-state index in [0.29, 0.717) is 6.54 Å². The molecule has 2 nitrogen and oxygen atoms in total. The standard InChI is InChI=1S/C9H11BrClNOS/c1-2-3-12-9(13)8(11)7-4-6(10)5-14-7/h4-5,8H,2-3H2,1H3,(H,12,13). The van der Waals surface area contributed by atoms with E-state index in [2.05, 4.69) is 21.2 Å². The van der Waals surface area contributed by atoms with E-state index < -0.39 is 5.38 Å². The van der Waals surface area contributed by atoms with Crippen molar-refractivity contribution in [1.82, 2.24) is 5.32 Å². The van der Waals surface area contributed by atoms with Gasteiger partial charge in [0.05, 0.1) is 0 Å². The van der Waals surface area contributed by atoms with Gasteiger partial charge in [-0.25, -0.2) is 0 Å². The van der Waals surface area contributed by atoms with E-state index in [0.717, 1.165) is 15.8 Å². The number of halogens is 2. The minimum Gasteiger partial charge on any atom is -0.355 e. The molecule has 1 aromatic rings. The molecule has 14 heavy (non-hydrogen) atoms. The normalized spacial score (nSPS) is 12.5. The van der Waals surface area contributed by atoms with Gasteiger partial charge in [0.25, 0.3) is 0 Å². The van der Waals surface area contributed by atoms with Crippen LogP contribution >= 0.6 is 38.9 Å². The van der Waals surface area contributed by atoms with Crippen molar-refractivity contribution in [2.24, 2.45) is 0 Å². The van der Waals surface area contributed by atoms with Gasteiger partial charge in [0.2, 0.25) is 5.91 Å². The average molecular weight is 297 g/mol. The van der Waals surface area contributed by atoms with Gasteiger partial charge >= 0.3 is 0 Å². The molecule has 1 amide bonds. The van der Waals surface area contributed by atoms with Crippen LogP contribution in [0.3, 0.4) is 0 Å². The highest BCUT2D eigenvalue weighted by atomic mass is 79.9. The predicted octanol–water partition coefficient (Wildman–Crippen LogP) is 3.32. The van der Waals surface area contributed by atoms with E-state index in [9.17, 15) is 4.79 Å². The summed E-state index contributed by atoms with van der Waals surface area (Å²) in [6.45, 7) is 2.68. The Balaban J connectivity index is 2.56. The van der Waals surface area contributed by atoms with E-state index in [-0.39, 0.29) is 5.91 Å². The quantitative estimate of drug-likeness (QED) is 0.849. The summed E-state index contributed by atoms with van der Waals surface area (Å²) in [7, 11) is 0. The summed E-state index contributed by atoms with van der Waals surface area (Å²) in [6.07, 6.45) is 0.920. The zero-order valence-electron chi connectivity index (χ0n) is 7.72. The molecule has 0 saturated carbocycles. The Morgan fingerprint density at radius 2 is 2.50 bits per heavy atom. The van der Waals surface area contributed by atoms with Crippen LogP contribution in [0.5, 0.6) is 0 Å². The number of alkyl halides is 1. The van der Waals surface area contributed by atoms with Gasteiger partial charge < -0.3 is 5.32 Å². The number of rotatable bonds is 4. The molecule has 1 atom stereocenters. The van der Waals surface area contributed by atoms with Crippen LogP contribution in [0.4, 0.5) is 0 Å². The first-order valence-electron chi connectivity index (χ1n) is 4.31. The second kappa shape index (κ2) is 5.73. The van der Waals surface area contributed by atoms with E-state index in [4.69, 9.17) is 11.6 Å². The smallest absolute Gasteiger partial charge is 0.243 e. The molecule has 0 aromatic carbocycles. The fourth-order valence-electron chi connectivity index (χ4n) is 0.928. The van der Waals surface area contributed by atoms with Crippen molar-refractivity contribution in [2.45, 2.75) is 18.7 Å². The van der Waals surface area contributed by atoms with Crippen LogP contribution in [0.1, 0.15) is 23.6 Å². The zero-order chi connectivity index (χ0) is 10.6. The molecule has 0 aliphatic rings. The van der Waals surface area contributed by atoms with Gasteiger partial charge in [0, 0.05) is 21.3 Å². The number of hydrogen-bond acceptors (Lipinski definition) is 2. The number of hydrogen-bond donors (Lipinski definition) is 1. The summed E-state index contributed by atoms with van der Waals surface area (Å²) in [6, 6.07) is 1.87. The molecule has 78 valence electrons. The lowest BCUT2D eigenvalue weighted by molar-refractivity contribution is -0.120. The first-order valence-corrected chi connectivity index (χ1v) is 6.41. The highest BCUT2D eigenvalue weighted by Crippen LogP contribution is 2.29.